The van der Waals surface area contributed by atoms with Crippen molar-refractivity contribution in [2.24, 2.45) is 5.73 Å². The van der Waals surface area contributed by atoms with Gasteiger partial charge in [0.25, 0.3) is 0 Å². The van der Waals surface area contributed by atoms with Gasteiger partial charge in [0, 0.05) is 25.9 Å². The minimum atomic E-state index is -5.18. The van der Waals surface area contributed by atoms with E-state index in [-0.39, 0.29) is 40.4 Å². The Morgan fingerprint density at radius 1 is 0.681 bits per heavy atom. The van der Waals surface area contributed by atoms with Crippen molar-refractivity contribution in [3.8, 4) is 0 Å². The molecule has 382 valence electrons. The maximum absolute atomic E-state index is 13.7. The molecule has 4 fully saturated rings. The fraction of sp³-hybridized carbons (Fsp3) is 0.429. The average molecular weight is 1040 g/mol. The molecule has 0 aliphatic carbocycles. The summed E-state index contributed by atoms with van der Waals surface area (Å²) in [5, 5.41) is 10.6. The van der Waals surface area contributed by atoms with Gasteiger partial charge < -0.3 is 48.8 Å². The zero-order valence-electron chi connectivity index (χ0n) is 38.4. The Labute approximate surface area is 408 Å². The number of hydrogen-bond acceptors (Lipinski definition) is 20. The van der Waals surface area contributed by atoms with Crippen molar-refractivity contribution in [2.75, 3.05) is 36.9 Å². The maximum Gasteiger partial charge on any atom is 0.647 e. The van der Waals surface area contributed by atoms with Crippen LogP contribution in [-0.4, -0.2) is 136 Å². The fourth-order valence-electron chi connectivity index (χ4n) is 8.84. The molecule has 0 bridgehead atoms. The van der Waals surface area contributed by atoms with Gasteiger partial charge in [-0.15, -0.1) is 0 Å². The highest BCUT2D eigenvalue weighted by Gasteiger charge is 2.64. The van der Waals surface area contributed by atoms with Crippen molar-refractivity contribution in [3.63, 3.8) is 0 Å². The number of fused-ring (bicyclic) bond motifs is 4. The maximum atomic E-state index is 13.7. The number of benzene rings is 2. The SMILES string of the molecule is CCNC(=O)Nc1ncnc2c1ncn2[C@@H]1O[C@H](COP(=O)([OH2+])OP(=O)([OH2+])OC[C@H]2O[C@@H](n3cnc4c(NC(=O)NCC)ncnc43)C3OC(Cc4ccccc4)OC32N)C2OC(Cc3ccccc3)OC21. The van der Waals surface area contributed by atoms with Crippen molar-refractivity contribution in [1.29, 1.82) is 0 Å². The molecule has 4 aromatic heterocycles. The van der Waals surface area contributed by atoms with Crippen LogP contribution < -0.4 is 27.0 Å². The third-order valence-corrected chi connectivity index (χ3v) is 14.7. The van der Waals surface area contributed by atoms with Crippen LogP contribution in [0, 0.1) is 0 Å². The van der Waals surface area contributed by atoms with Crippen molar-refractivity contribution >= 4 is 61.7 Å². The normalized spacial score (nSPS) is 28.3. The minimum Gasteiger partial charge on any atom is -0.367 e. The van der Waals surface area contributed by atoms with E-state index in [9.17, 15) is 18.7 Å². The van der Waals surface area contributed by atoms with Gasteiger partial charge in [0.05, 0.1) is 25.9 Å². The summed E-state index contributed by atoms with van der Waals surface area (Å²) in [7, 11) is -10.3. The first-order valence-corrected chi connectivity index (χ1v) is 25.8. The van der Waals surface area contributed by atoms with E-state index in [1.165, 1.54) is 29.9 Å². The van der Waals surface area contributed by atoms with Crippen LogP contribution in [0.3, 0.4) is 0 Å². The Kier molecular flexibility index (Phi) is 14.1. The number of nitrogens with one attached hydrogen (secondary N) is 4. The highest BCUT2D eigenvalue weighted by molar-refractivity contribution is 7.61. The van der Waals surface area contributed by atoms with E-state index < -0.39 is 102 Å². The molecule has 28 nitrogen and oxygen atoms in total. The number of carbonyl (C=O) groups excluding carboxylic acids is 2. The summed E-state index contributed by atoms with van der Waals surface area (Å²) in [6, 6.07) is 17.8. The van der Waals surface area contributed by atoms with Gasteiger partial charge in [-0.05, 0) is 25.0 Å². The monoisotopic (exact) mass is 1040 g/mol. The van der Waals surface area contributed by atoms with Gasteiger partial charge >= 0.3 is 27.7 Å². The summed E-state index contributed by atoms with van der Waals surface area (Å²) in [6.07, 6.45) is -3.06. The van der Waals surface area contributed by atoms with Crippen LogP contribution in [0.4, 0.5) is 21.2 Å². The van der Waals surface area contributed by atoms with Crippen LogP contribution in [0.1, 0.15) is 37.4 Å². The number of urea groups is 2. The molecule has 72 heavy (non-hydrogen) atoms. The van der Waals surface area contributed by atoms with Gasteiger partial charge in [0.1, 0.15) is 37.1 Å². The number of nitrogens with two attached hydrogens (primary N) is 1. The molecule has 0 spiro atoms. The van der Waals surface area contributed by atoms with Crippen molar-refractivity contribution in [3.05, 3.63) is 97.1 Å². The van der Waals surface area contributed by atoms with Crippen LogP contribution >= 0.6 is 15.6 Å². The number of anilines is 2. The van der Waals surface area contributed by atoms with Crippen LogP contribution in [-0.2, 0) is 63.8 Å². The molecule has 4 aliphatic rings. The van der Waals surface area contributed by atoms with E-state index >= 15 is 0 Å². The van der Waals surface area contributed by atoms with Crippen LogP contribution in [0.25, 0.3) is 22.3 Å². The topological polar surface area (TPSA) is 358 Å². The molecule has 4 aliphatic heterocycles. The summed E-state index contributed by atoms with van der Waals surface area (Å²) in [5.74, 6) is 0.251. The molecule has 4 amide bonds. The second-order valence-electron chi connectivity index (χ2n) is 16.8. The van der Waals surface area contributed by atoms with Crippen LogP contribution in [0.15, 0.2) is 86.0 Å². The largest absolute Gasteiger partial charge is 0.647 e. The minimum absolute atomic E-state index is 0.112. The molecule has 8 heterocycles. The molecule has 0 radical (unpaired) electrons. The number of carbonyl (C=O) groups is 2. The second kappa shape index (κ2) is 20.5. The van der Waals surface area contributed by atoms with E-state index in [0.29, 0.717) is 19.5 Å². The summed E-state index contributed by atoms with van der Waals surface area (Å²) in [5.41, 5.74) is 7.87. The lowest BCUT2D eigenvalue weighted by molar-refractivity contribution is -0.167. The number of hydrogen-bond donors (Lipinski definition) is 5. The Hall–Kier alpha value is -5.94. The highest BCUT2D eigenvalue weighted by atomic mass is 31.3. The van der Waals surface area contributed by atoms with Crippen LogP contribution in [0.5, 0.6) is 0 Å². The third kappa shape index (κ3) is 10.3. The number of aromatic nitrogens is 8. The summed E-state index contributed by atoms with van der Waals surface area (Å²) in [6.45, 7) is 2.90. The first-order chi connectivity index (χ1) is 34.7. The molecular weight excluding hydrogens is 988 g/mol. The Morgan fingerprint density at radius 3 is 1.78 bits per heavy atom. The lowest BCUT2D eigenvalue weighted by Gasteiger charge is -2.26. The van der Waals surface area contributed by atoms with Crippen LogP contribution in [0.2, 0.25) is 0 Å². The molecular formula is C42H51N13O15P2+2. The molecule has 10 rings (SSSR count). The molecule has 6 aromatic rings. The second-order valence-corrected chi connectivity index (χ2v) is 19.9. The predicted octanol–water partition coefficient (Wildman–Crippen LogP) is 2.45. The number of ether oxygens (including phenoxy) is 6. The average Bonchev–Trinajstić information content (AvgIpc) is 4.20. The number of imidazole rings is 2. The van der Waals surface area contributed by atoms with E-state index in [1.54, 1.807) is 18.4 Å². The molecule has 12 atom stereocenters. The van der Waals surface area contributed by atoms with E-state index in [1.807, 2.05) is 60.7 Å². The zero-order valence-corrected chi connectivity index (χ0v) is 40.2. The van der Waals surface area contributed by atoms with Crippen molar-refractivity contribution < 1.29 is 70.3 Å². The van der Waals surface area contributed by atoms with Gasteiger partial charge in [-0.3, -0.25) is 25.5 Å². The van der Waals surface area contributed by atoms with Crippen molar-refractivity contribution in [1.82, 2.24) is 49.7 Å². The predicted molar refractivity (Wildman–Crippen MR) is 250 cm³/mol. The standard InChI is InChI=1S/C42H49N13O15P2/c1-3-44-40(56)52-34-29-36(48-19-46-34)54(21-50-29)38-32-31(66-27(67-32)15-23-11-7-5-8-12-23)25(64-38)17-62-71(58,59)70-72(60,61)63-18-26-42(43)33(68-28(69-42)16-24-13-9-6-10-14-24)39(65-26)55-22-51-30-35(47-20-49-37(30)55)53-41(57)45-4-2/h5-14,19-22,25-28,31-33,38-39H,3-4,15-18,43H2,1-2H3,(H,58,59)(H,60,61)(H2,44,46,48,52,56)(H2,45,47,49,53,57)/p+2/t25-,26-,27?,28?,31?,32?,33?,38-,39-,42?/m1/s1. The molecule has 4 saturated heterocycles. The zero-order chi connectivity index (χ0) is 50.2. The molecule has 2 aromatic carbocycles. The summed E-state index contributed by atoms with van der Waals surface area (Å²) < 4.78 is 84.4. The lowest BCUT2D eigenvalue weighted by Crippen LogP contribution is -2.55. The highest BCUT2D eigenvalue weighted by Crippen LogP contribution is 2.61. The molecule has 0 saturated carbocycles. The Balaban J connectivity index is 0.838. The lowest BCUT2D eigenvalue weighted by atomic mass is 10.0. The molecule has 30 heteroatoms. The number of amides is 4. The van der Waals surface area contributed by atoms with Gasteiger partial charge in [-0.1, -0.05) is 65.0 Å². The van der Waals surface area contributed by atoms with Crippen molar-refractivity contribution in [2.45, 2.75) is 88.0 Å². The summed E-state index contributed by atoms with van der Waals surface area (Å²) in [4.78, 5) is 67.7. The number of rotatable bonds is 18. The molecule has 8 unspecified atom stereocenters. The first-order valence-electron chi connectivity index (χ1n) is 22.7. The molecule has 10 N–H and O–H groups in total. The smallest absolute Gasteiger partial charge is 0.367 e. The summed E-state index contributed by atoms with van der Waals surface area (Å²) >= 11 is 0. The van der Waals surface area contributed by atoms with Gasteiger partial charge in [0.15, 0.2) is 70.8 Å². The Morgan fingerprint density at radius 2 is 1.21 bits per heavy atom. The number of nitrogens with zero attached hydrogens (tertiary/aromatic N) is 8. The first kappa shape index (κ1) is 49.6. The quantitative estimate of drug-likeness (QED) is 0.0609. The van der Waals surface area contributed by atoms with Gasteiger partial charge in [-0.2, -0.15) is 9.13 Å². The Bertz CT molecular complexity index is 3020. The van der Waals surface area contributed by atoms with E-state index in [0.717, 1.165) is 11.1 Å². The van der Waals surface area contributed by atoms with Gasteiger partial charge in [0.2, 0.25) is 0 Å². The van der Waals surface area contributed by atoms with E-state index in [4.69, 9.17) is 57.3 Å². The fourth-order valence-corrected chi connectivity index (χ4v) is 11.0. The third-order valence-electron chi connectivity index (χ3n) is 12.0. The van der Waals surface area contributed by atoms with Gasteiger partial charge in [-0.25, -0.2) is 48.5 Å². The van der Waals surface area contributed by atoms with E-state index in [2.05, 4.69) is 51.2 Å².